The van der Waals surface area contributed by atoms with Crippen LogP contribution >= 0.6 is 0 Å². The molecule has 1 aliphatic rings. The molecule has 1 aromatic rings. The predicted molar refractivity (Wildman–Crippen MR) is 83.1 cm³/mol. The number of benzene rings is 1. The molecule has 0 aromatic heterocycles. The highest BCUT2D eigenvalue weighted by atomic mass is 16.7. The molecule has 1 aromatic carbocycles. The van der Waals surface area contributed by atoms with Crippen LogP contribution in [0.15, 0.2) is 24.3 Å². The molecule has 4 N–H and O–H groups in total. The summed E-state index contributed by atoms with van der Waals surface area (Å²) < 4.78 is 16.2. The van der Waals surface area contributed by atoms with E-state index >= 15 is 0 Å². The first-order chi connectivity index (χ1) is 11.1. The van der Waals surface area contributed by atoms with Crippen LogP contribution in [-0.2, 0) is 9.47 Å². The first-order valence-electron chi connectivity index (χ1n) is 7.56. The number of methoxy groups -OCH3 is 1. The summed E-state index contributed by atoms with van der Waals surface area (Å²) in [6.45, 7) is 0.336. The number of ether oxygens (including phenoxy) is 3. The molecule has 1 fully saturated rings. The molecular weight excluding hydrogens is 304 g/mol. The summed E-state index contributed by atoms with van der Waals surface area (Å²) in [5.41, 5.74) is 0.973. The fourth-order valence-electron chi connectivity index (χ4n) is 1.92. The van der Waals surface area contributed by atoms with E-state index in [1.165, 1.54) is 0 Å². The van der Waals surface area contributed by atoms with Gasteiger partial charge in [-0.3, -0.25) is 0 Å². The van der Waals surface area contributed by atoms with Gasteiger partial charge in [-0.05, 0) is 25.0 Å². The summed E-state index contributed by atoms with van der Waals surface area (Å²) >= 11 is 0. The second kappa shape index (κ2) is 11.3. The SMILES string of the molecule is COc1ccc(C2OC[C@@H](CCO)O2)cc1.OCC[C@@H](O)CO. The lowest BCUT2D eigenvalue weighted by Gasteiger charge is -2.11. The molecule has 0 amide bonds. The van der Waals surface area contributed by atoms with Crippen LogP contribution in [-0.4, -0.2) is 66.2 Å². The van der Waals surface area contributed by atoms with Gasteiger partial charge in [0.15, 0.2) is 6.29 Å². The Hall–Kier alpha value is -1.22. The Morgan fingerprint density at radius 1 is 1.17 bits per heavy atom. The molecule has 0 bridgehead atoms. The molecule has 7 heteroatoms. The molecular formula is C16H26O7. The van der Waals surface area contributed by atoms with E-state index in [2.05, 4.69) is 0 Å². The quantitative estimate of drug-likeness (QED) is 0.566. The largest absolute Gasteiger partial charge is 0.497 e. The van der Waals surface area contributed by atoms with Crippen LogP contribution in [0.5, 0.6) is 5.75 Å². The van der Waals surface area contributed by atoms with Crippen molar-refractivity contribution in [3.63, 3.8) is 0 Å². The van der Waals surface area contributed by atoms with Crippen molar-refractivity contribution in [1.29, 1.82) is 0 Å². The Morgan fingerprint density at radius 3 is 2.35 bits per heavy atom. The lowest BCUT2D eigenvalue weighted by Crippen LogP contribution is -2.12. The molecule has 3 atom stereocenters. The Morgan fingerprint density at radius 2 is 1.87 bits per heavy atom. The van der Waals surface area contributed by atoms with Crippen molar-refractivity contribution < 1.29 is 34.6 Å². The van der Waals surface area contributed by atoms with E-state index in [0.29, 0.717) is 13.0 Å². The van der Waals surface area contributed by atoms with E-state index in [1.54, 1.807) is 7.11 Å². The van der Waals surface area contributed by atoms with Crippen molar-refractivity contribution in [1.82, 2.24) is 0 Å². The van der Waals surface area contributed by atoms with E-state index in [-0.39, 0.29) is 38.6 Å². The van der Waals surface area contributed by atoms with Gasteiger partial charge in [-0.1, -0.05) is 12.1 Å². The van der Waals surface area contributed by atoms with Crippen molar-refractivity contribution in [2.24, 2.45) is 0 Å². The van der Waals surface area contributed by atoms with Crippen molar-refractivity contribution in [3.05, 3.63) is 29.8 Å². The van der Waals surface area contributed by atoms with E-state index in [0.717, 1.165) is 11.3 Å². The van der Waals surface area contributed by atoms with E-state index in [9.17, 15) is 0 Å². The van der Waals surface area contributed by atoms with Gasteiger partial charge in [0.2, 0.25) is 0 Å². The number of aliphatic hydroxyl groups is 4. The third-order valence-electron chi connectivity index (χ3n) is 3.26. The van der Waals surface area contributed by atoms with Gasteiger partial charge >= 0.3 is 0 Å². The van der Waals surface area contributed by atoms with Crippen molar-refractivity contribution >= 4 is 0 Å². The minimum atomic E-state index is -0.745. The molecule has 0 saturated carbocycles. The highest BCUT2D eigenvalue weighted by Crippen LogP contribution is 2.29. The molecule has 23 heavy (non-hydrogen) atoms. The second-order valence-electron chi connectivity index (χ2n) is 5.06. The van der Waals surface area contributed by atoms with Crippen molar-refractivity contribution in [2.45, 2.75) is 31.3 Å². The molecule has 7 nitrogen and oxygen atoms in total. The standard InChI is InChI=1S/C12H16O4.C4H10O3/c1-14-10-4-2-9(3-5-10)12-15-8-11(16-12)6-7-13;5-2-1-4(7)3-6/h2-5,11-13H,6-8H2,1H3;4-7H,1-3H2/t11-,12?;4-/m11/s1. The molecule has 1 heterocycles. The van der Waals surface area contributed by atoms with Crippen LogP contribution < -0.4 is 4.74 Å². The van der Waals surface area contributed by atoms with Gasteiger partial charge in [0, 0.05) is 18.8 Å². The normalized spacial score (nSPS) is 21.4. The Labute approximate surface area is 136 Å². The smallest absolute Gasteiger partial charge is 0.184 e. The van der Waals surface area contributed by atoms with Crippen LogP contribution in [0.4, 0.5) is 0 Å². The van der Waals surface area contributed by atoms with Gasteiger partial charge in [-0.2, -0.15) is 0 Å². The number of rotatable bonds is 7. The van der Waals surface area contributed by atoms with Gasteiger partial charge in [-0.15, -0.1) is 0 Å². The fraction of sp³-hybridized carbons (Fsp3) is 0.625. The first kappa shape index (κ1) is 19.8. The average molecular weight is 330 g/mol. The Balaban J connectivity index is 0.000000322. The highest BCUT2D eigenvalue weighted by molar-refractivity contribution is 5.28. The molecule has 132 valence electrons. The maximum absolute atomic E-state index is 8.80. The van der Waals surface area contributed by atoms with Crippen LogP contribution in [0.2, 0.25) is 0 Å². The lowest BCUT2D eigenvalue weighted by molar-refractivity contribution is -0.0627. The van der Waals surface area contributed by atoms with Gasteiger partial charge in [0.1, 0.15) is 5.75 Å². The summed E-state index contributed by atoms with van der Waals surface area (Å²) in [4.78, 5) is 0. The maximum Gasteiger partial charge on any atom is 0.184 e. The minimum absolute atomic E-state index is 0.00268. The highest BCUT2D eigenvalue weighted by Gasteiger charge is 2.26. The Kier molecular flexibility index (Phi) is 9.77. The van der Waals surface area contributed by atoms with Gasteiger partial charge < -0.3 is 34.6 Å². The minimum Gasteiger partial charge on any atom is -0.497 e. The van der Waals surface area contributed by atoms with Crippen LogP contribution in [0, 0.1) is 0 Å². The molecule has 2 rings (SSSR count). The molecule has 0 aliphatic carbocycles. The van der Waals surface area contributed by atoms with E-state index in [4.69, 9.17) is 34.6 Å². The molecule has 1 unspecified atom stereocenters. The first-order valence-corrected chi connectivity index (χ1v) is 7.56. The molecule has 1 aliphatic heterocycles. The van der Waals surface area contributed by atoms with Crippen LogP contribution in [0.25, 0.3) is 0 Å². The van der Waals surface area contributed by atoms with Crippen molar-refractivity contribution in [3.8, 4) is 5.75 Å². The number of aliphatic hydroxyl groups excluding tert-OH is 4. The van der Waals surface area contributed by atoms with Gasteiger partial charge in [0.05, 0.1) is 32.5 Å². The van der Waals surface area contributed by atoms with Gasteiger partial charge in [-0.25, -0.2) is 0 Å². The van der Waals surface area contributed by atoms with Gasteiger partial charge in [0.25, 0.3) is 0 Å². The molecule has 0 radical (unpaired) electrons. The van der Waals surface area contributed by atoms with E-state index in [1.807, 2.05) is 24.3 Å². The zero-order chi connectivity index (χ0) is 17.1. The average Bonchev–Trinajstić information content (AvgIpc) is 3.05. The fourth-order valence-corrected chi connectivity index (χ4v) is 1.92. The lowest BCUT2D eigenvalue weighted by atomic mass is 10.2. The van der Waals surface area contributed by atoms with Crippen LogP contribution in [0.1, 0.15) is 24.7 Å². The third kappa shape index (κ3) is 7.26. The van der Waals surface area contributed by atoms with E-state index < -0.39 is 6.10 Å². The summed E-state index contributed by atoms with van der Waals surface area (Å²) in [5.74, 6) is 0.814. The maximum atomic E-state index is 8.80. The number of hydrogen-bond acceptors (Lipinski definition) is 7. The summed E-state index contributed by atoms with van der Waals surface area (Å²) in [7, 11) is 1.63. The van der Waals surface area contributed by atoms with Crippen molar-refractivity contribution in [2.75, 3.05) is 33.5 Å². The summed E-state index contributed by atoms with van der Waals surface area (Å²) in [6, 6.07) is 7.60. The zero-order valence-electron chi connectivity index (χ0n) is 13.3. The summed E-state index contributed by atoms with van der Waals surface area (Å²) in [6.07, 6.45) is -0.187. The summed E-state index contributed by atoms with van der Waals surface area (Å²) in [5, 5.41) is 33.4. The monoisotopic (exact) mass is 330 g/mol. The second-order valence-corrected chi connectivity index (χ2v) is 5.06. The Bertz CT molecular complexity index is 409. The topological polar surface area (TPSA) is 109 Å². The predicted octanol–water partition coefficient (Wildman–Crippen LogP) is 0.214. The third-order valence-corrected chi connectivity index (χ3v) is 3.26. The molecule has 0 spiro atoms. The van der Waals surface area contributed by atoms with Crippen LogP contribution in [0.3, 0.4) is 0 Å². The molecule has 1 saturated heterocycles. The zero-order valence-corrected chi connectivity index (χ0v) is 13.3. The number of hydrogen-bond donors (Lipinski definition) is 4.